The van der Waals surface area contributed by atoms with E-state index < -0.39 is 17.3 Å². The lowest BCUT2D eigenvalue weighted by Crippen LogP contribution is -2.36. The SMILES string of the molecule is N#Cc1ccccc1Cn1c(N2CCCCC2)nc2c(C(F)(F)F)csc2c1=O. The summed E-state index contributed by atoms with van der Waals surface area (Å²) in [7, 11) is 0. The molecule has 1 aliphatic heterocycles. The third-order valence-electron chi connectivity index (χ3n) is 5.07. The number of nitriles is 1. The molecule has 3 heterocycles. The lowest BCUT2D eigenvalue weighted by molar-refractivity contribution is -0.136. The Morgan fingerprint density at radius 3 is 2.59 bits per heavy atom. The van der Waals surface area contributed by atoms with Crippen molar-refractivity contribution in [3.05, 3.63) is 56.7 Å². The number of benzene rings is 1. The van der Waals surface area contributed by atoms with Crippen LogP contribution in [0.25, 0.3) is 10.2 Å². The van der Waals surface area contributed by atoms with E-state index >= 15 is 0 Å². The second kappa shape index (κ2) is 7.52. The van der Waals surface area contributed by atoms with E-state index in [9.17, 15) is 23.2 Å². The molecule has 0 saturated carbocycles. The molecule has 3 aromatic rings. The summed E-state index contributed by atoms with van der Waals surface area (Å²) < 4.78 is 41.6. The molecular weight excluding hydrogens is 401 g/mol. The lowest BCUT2D eigenvalue weighted by atomic mass is 10.1. The van der Waals surface area contributed by atoms with Crippen LogP contribution in [0.15, 0.2) is 34.4 Å². The quantitative estimate of drug-likeness (QED) is 0.633. The first-order valence-corrected chi connectivity index (χ1v) is 10.1. The maximum atomic E-state index is 13.4. The van der Waals surface area contributed by atoms with Crippen molar-refractivity contribution in [3.63, 3.8) is 0 Å². The van der Waals surface area contributed by atoms with Crippen LogP contribution in [0.2, 0.25) is 0 Å². The Labute approximate surface area is 168 Å². The third-order valence-corrected chi connectivity index (χ3v) is 6.03. The molecule has 0 N–H and O–H groups in total. The summed E-state index contributed by atoms with van der Waals surface area (Å²) in [6, 6.07) is 8.99. The second-order valence-corrected chi connectivity index (χ2v) is 7.82. The molecule has 0 unspecified atom stereocenters. The molecule has 150 valence electrons. The zero-order chi connectivity index (χ0) is 20.6. The number of fused-ring (bicyclic) bond motifs is 1. The number of thiophene rings is 1. The van der Waals surface area contributed by atoms with Crippen molar-refractivity contribution in [1.82, 2.24) is 9.55 Å². The Kier molecular flexibility index (Phi) is 5.04. The molecule has 29 heavy (non-hydrogen) atoms. The van der Waals surface area contributed by atoms with Gasteiger partial charge in [0.1, 0.15) is 10.2 Å². The Morgan fingerprint density at radius 1 is 1.17 bits per heavy atom. The molecule has 0 amide bonds. The minimum absolute atomic E-state index is 0.0208. The van der Waals surface area contributed by atoms with Crippen molar-refractivity contribution in [2.45, 2.75) is 32.0 Å². The van der Waals surface area contributed by atoms with Crippen molar-refractivity contribution in [2.75, 3.05) is 18.0 Å². The first kappa shape index (κ1) is 19.5. The molecule has 1 aromatic carbocycles. The summed E-state index contributed by atoms with van der Waals surface area (Å²) >= 11 is 0.758. The topological polar surface area (TPSA) is 61.9 Å². The van der Waals surface area contributed by atoms with E-state index in [1.807, 2.05) is 4.90 Å². The van der Waals surface area contributed by atoms with E-state index in [1.165, 1.54) is 4.57 Å². The van der Waals surface area contributed by atoms with Crippen LogP contribution >= 0.6 is 11.3 Å². The molecule has 4 rings (SSSR count). The highest BCUT2D eigenvalue weighted by Gasteiger charge is 2.36. The summed E-state index contributed by atoms with van der Waals surface area (Å²) in [4.78, 5) is 19.4. The van der Waals surface area contributed by atoms with Gasteiger partial charge in [-0.25, -0.2) is 4.98 Å². The fraction of sp³-hybridized carbons (Fsp3) is 0.350. The molecule has 2 aromatic heterocycles. The summed E-state index contributed by atoms with van der Waals surface area (Å²) in [6.45, 7) is 1.34. The van der Waals surface area contributed by atoms with Crippen LogP contribution in [0.4, 0.5) is 19.1 Å². The van der Waals surface area contributed by atoms with Crippen molar-refractivity contribution >= 4 is 27.5 Å². The Bertz CT molecular complexity index is 1150. The van der Waals surface area contributed by atoms with Gasteiger partial charge in [0.2, 0.25) is 5.95 Å². The molecule has 5 nitrogen and oxygen atoms in total. The minimum Gasteiger partial charge on any atom is -0.342 e. The Morgan fingerprint density at radius 2 is 1.90 bits per heavy atom. The summed E-state index contributed by atoms with van der Waals surface area (Å²) in [5, 5.41) is 10.3. The van der Waals surface area contributed by atoms with E-state index in [0.29, 0.717) is 24.2 Å². The van der Waals surface area contributed by atoms with Crippen LogP contribution in [0.5, 0.6) is 0 Å². The number of nitrogens with zero attached hydrogens (tertiary/aromatic N) is 4. The van der Waals surface area contributed by atoms with Crippen molar-refractivity contribution < 1.29 is 13.2 Å². The molecule has 0 radical (unpaired) electrons. The number of aromatic nitrogens is 2. The van der Waals surface area contributed by atoms with Gasteiger partial charge in [-0.3, -0.25) is 9.36 Å². The molecule has 1 fully saturated rings. The van der Waals surface area contributed by atoms with Gasteiger partial charge in [0.25, 0.3) is 5.56 Å². The number of rotatable bonds is 3. The number of anilines is 1. The highest BCUT2D eigenvalue weighted by Crippen LogP contribution is 2.37. The van der Waals surface area contributed by atoms with Crippen LogP contribution < -0.4 is 10.5 Å². The van der Waals surface area contributed by atoms with Crippen LogP contribution in [-0.2, 0) is 12.7 Å². The second-order valence-electron chi connectivity index (χ2n) is 6.94. The average Bonchev–Trinajstić information content (AvgIpc) is 3.16. The molecule has 0 atom stereocenters. The molecule has 0 bridgehead atoms. The molecule has 1 saturated heterocycles. The Balaban J connectivity index is 1.93. The molecular formula is C20H17F3N4OS. The lowest BCUT2D eigenvalue weighted by Gasteiger charge is -2.30. The summed E-state index contributed by atoms with van der Waals surface area (Å²) in [5.74, 6) is 0.235. The minimum atomic E-state index is -4.57. The van der Waals surface area contributed by atoms with Gasteiger partial charge in [-0.2, -0.15) is 18.4 Å². The fourth-order valence-corrected chi connectivity index (χ4v) is 4.56. The summed E-state index contributed by atoms with van der Waals surface area (Å²) in [6.07, 6.45) is -1.76. The first-order chi connectivity index (χ1) is 13.9. The Hall–Kier alpha value is -2.86. The van der Waals surface area contributed by atoms with Gasteiger partial charge in [0, 0.05) is 18.5 Å². The zero-order valence-electron chi connectivity index (χ0n) is 15.4. The normalized spacial score (nSPS) is 14.9. The van der Waals surface area contributed by atoms with Gasteiger partial charge in [-0.1, -0.05) is 18.2 Å². The van der Waals surface area contributed by atoms with Crippen LogP contribution in [-0.4, -0.2) is 22.6 Å². The largest absolute Gasteiger partial charge is 0.419 e. The number of hydrogen-bond acceptors (Lipinski definition) is 5. The summed E-state index contributed by atoms with van der Waals surface area (Å²) in [5.41, 5.74) is -0.630. The third kappa shape index (κ3) is 3.60. The molecule has 1 aliphatic rings. The number of hydrogen-bond donors (Lipinski definition) is 0. The van der Waals surface area contributed by atoms with E-state index in [0.717, 1.165) is 36.0 Å². The van der Waals surface area contributed by atoms with Crippen molar-refractivity contribution in [3.8, 4) is 6.07 Å². The van der Waals surface area contributed by atoms with E-state index in [2.05, 4.69) is 11.1 Å². The fourth-order valence-electron chi connectivity index (χ4n) is 3.60. The highest BCUT2D eigenvalue weighted by atomic mass is 32.1. The maximum Gasteiger partial charge on any atom is 0.419 e. The van der Waals surface area contributed by atoms with Gasteiger partial charge in [0.05, 0.1) is 23.7 Å². The monoisotopic (exact) mass is 418 g/mol. The number of alkyl halides is 3. The van der Waals surface area contributed by atoms with Gasteiger partial charge < -0.3 is 4.90 Å². The average molecular weight is 418 g/mol. The van der Waals surface area contributed by atoms with E-state index in [4.69, 9.17) is 0 Å². The smallest absolute Gasteiger partial charge is 0.342 e. The van der Waals surface area contributed by atoms with Gasteiger partial charge >= 0.3 is 6.18 Å². The van der Waals surface area contributed by atoms with Crippen molar-refractivity contribution in [2.24, 2.45) is 0 Å². The highest BCUT2D eigenvalue weighted by molar-refractivity contribution is 7.17. The van der Waals surface area contributed by atoms with Crippen LogP contribution in [0.3, 0.4) is 0 Å². The predicted octanol–water partition coefficient (Wildman–Crippen LogP) is 4.39. The molecule has 9 heteroatoms. The van der Waals surface area contributed by atoms with Gasteiger partial charge in [-0.05, 0) is 30.9 Å². The predicted molar refractivity (Wildman–Crippen MR) is 105 cm³/mol. The zero-order valence-corrected chi connectivity index (χ0v) is 16.2. The van der Waals surface area contributed by atoms with Gasteiger partial charge in [0.15, 0.2) is 0 Å². The number of piperidine rings is 1. The molecule has 0 aliphatic carbocycles. The standard InChI is InChI=1S/C20H17F3N4OS/c21-20(22,23)15-12-29-17-16(15)25-19(26-8-4-1-5-9-26)27(18(17)28)11-14-7-3-2-6-13(14)10-24/h2-3,6-7,12H,1,4-5,8-9,11H2. The maximum absolute atomic E-state index is 13.4. The van der Waals surface area contributed by atoms with Crippen LogP contribution in [0, 0.1) is 11.3 Å². The van der Waals surface area contributed by atoms with Crippen LogP contribution in [0.1, 0.15) is 36.0 Å². The number of halogens is 3. The first-order valence-electron chi connectivity index (χ1n) is 9.22. The molecule has 0 spiro atoms. The van der Waals surface area contributed by atoms with E-state index in [-0.39, 0.29) is 22.7 Å². The van der Waals surface area contributed by atoms with Crippen molar-refractivity contribution in [1.29, 1.82) is 5.26 Å². The van der Waals surface area contributed by atoms with E-state index in [1.54, 1.807) is 24.3 Å². The van der Waals surface area contributed by atoms with Gasteiger partial charge in [-0.15, -0.1) is 11.3 Å².